The molecule has 0 saturated heterocycles. The molecule has 0 fully saturated rings. The zero-order valence-electron chi connectivity index (χ0n) is 7.54. The van der Waals surface area contributed by atoms with Crippen LogP contribution in [0.25, 0.3) is 0 Å². The summed E-state index contributed by atoms with van der Waals surface area (Å²) in [7, 11) is 0. The molecule has 0 aliphatic rings. The Labute approximate surface area is 106 Å². The predicted octanol–water partition coefficient (Wildman–Crippen LogP) is 3.45. The molecule has 0 aromatic heterocycles. The van der Waals surface area contributed by atoms with Gasteiger partial charge in [0, 0.05) is 10.9 Å². The lowest BCUT2D eigenvalue weighted by molar-refractivity contribution is -0.117. The Morgan fingerprint density at radius 2 is 1.73 bits per heavy atom. The highest BCUT2D eigenvalue weighted by Crippen LogP contribution is 2.25. The fraction of sp³-hybridized carbons (Fsp3) is 0.200. The molecule has 0 bridgehead atoms. The van der Waals surface area contributed by atoms with Gasteiger partial charge in [0.1, 0.15) is 0 Å². The van der Waals surface area contributed by atoms with E-state index < -0.39 is 16.4 Å². The summed E-state index contributed by atoms with van der Waals surface area (Å²) in [6.07, 6.45) is -0.0779. The van der Waals surface area contributed by atoms with E-state index in [-0.39, 0.29) is 6.42 Å². The molecule has 0 radical (unpaired) electrons. The molecule has 0 heterocycles. The minimum absolute atomic E-state index is 0.0779. The largest absolute Gasteiger partial charge is 0.281 e. The number of carbonyl (C=O) groups is 2. The van der Waals surface area contributed by atoms with Crippen molar-refractivity contribution in [1.29, 1.82) is 0 Å². The second-order valence-electron chi connectivity index (χ2n) is 2.97. The van der Waals surface area contributed by atoms with Crippen molar-refractivity contribution >= 4 is 49.6 Å². The van der Waals surface area contributed by atoms with E-state index in [4.69, 9.17) is 23.2 Å². The van der Waals surface area contributed by atoms with E-state index in [9.17, 15) is 9.59 Å². The monoisotopic (exact) mass is 308 g/mol. The molecule has 0 amide bonds. The molecule has 1 aromatic rings. The Morgan fingerprint density at radius 1 is 1.20 bits per heavy atom. The highest BCUT2D eigenvalue weighted by molar-refractivity contribution is 9.10. The van der Waals surface area contributed by atoms with Gasteiger partial charge in [-0.1, -0.05) is 28.1 Å². The lowest BCUT2D eigenvalue weighted by Crippen LogP contribution is -2.09. The lowest BCUT2D eigenvalue weighted by atomic mass is 9.98. The van der Waals surface area contributed by atoms with Crippen LogP contribution in [0.5, 0.6) is 0 Å². The minimum Gasteiger partial charge on any atom is -0.281 e. The van der Waals surface area contributed by atoms with Crippen LogP contribution in [-0.2, 0) is 9.59 Å². The number of rotatable bonds is 4. The van der Waals surface area contributed by atoms with Gasteiger partial charge >= 0.3 is 0 Å². The first kappa shape index (κ1) is 12.7. The van der Waals surface area contributed by atoms with Crippen molar-refractivity contribution in [2.24, 2.45) is 0 Å². The molecule has 15 heavy (non-hydrogen) atoms. The second-order valence-corrected chi connectivity index (χ2v) is 4.68. The van der Waals surface area contributed by atoms with Crippen LogP contribution < -0.4 is 0 Å². The Bertz CT molecular complexity index is 376. The van der Waals surface area contributed by atoms with Crippen molar-refractivity contribution < 1.29 is 9.59 Å². The van der Waals surface area contributed by atoms with Gasteiger partial charge in [-0.2, -0.15) is 0 Å². The second kappa shape index (κ2) is 5.64. The maximum Gasteiger partial charge on any atom is 0.229 e. The molecule has 0 N–H and O–H groups in total. The average molecular weight is 310 g/mol. The third-order valence-corrected chi connectivity index (χ3v) is 2.86. The van der Waals surface area contributed by atoms with Gasteiger partial charge in [0.15, 0.2) is 0 Å². The molecular weight excluding hydrogens is 303 g/mol. The van der Waals surface area contributed by atoms with Gasteiger partial charge in [-0.3, -0.25) is 9.59 Å². The molecule has 0 aliphatic carbocycles. The van der Waals surface area contributed by atoms with Gasteiger partial charge in [0.25, 0.3) is 0 Å². The molecule has 5 heteroatoms. The van der Waals surface area contributed by atoms with E-state index in [1.54, 1.807) is 24.3 Å². The van der Waals surface area contributed by atoms with Crippen LogP contribution in [0.1, 0.15) is 17.9 Å². The maximum atomic E-state index is 11.1. The molecule has 0 aliphatic heterocycles. The number of carbonyl (C=O) groups excluding carboxylic acids is 2. The molecule has 1 rings (SSSR count). The molecule has 1 aromatic carbocycles. The van der Waals surface area contributed by atoms with Crippen LogP contribution in [0.15, 0.2) is 28.7 Å². The number of benzene rings is 1. The van der Waals surface area contributed by atoms with E-state index in [2.05, 4.69) is 15.9 Å². The molecular formula is C10H7BrCl2O2. The van der Waals surface area contributed by atoms with Crippen molar-refractivity contribution in [2.75, 3.05) is 0 Å². The number of hydrogen-bond acceptors (Lipinski definition) is 2. The molecule has 1 atom stereocenters. The summed E-state index contributed by atoms with van der Waals surface area (Å²) in [4.78, 5) is 21.9. The molecule has 0 unspecified atom stereocenters. The SMILES string of the molecule is O=C(Cl)C[C@@H](C(=O)Cl)c1ccc(Br)cc1. The fourth-order valence-electron chi connectivity index (χ4n) is 1.18. The summed E-state index contributed by atoms with van der Waals surface area (Å²) < 4.78 is 0.893. The summed E-state index contributed by atoms with van der Waals surface area (Å²) in [5.41, 5.74) is 0.687. The van der Waals surface area contributed by atoms with Gasteiger partial charge in [-0.25, -0.2) is 0 Å². The van der Waals surface area contributed by atoms with E-state index in [0.29, 0.717) is 5.56 Å². The van der Waals surface area contributed by atoms with E-state index >= 15 is 0 Å². The van der Waals surface area contributed by atoms with Gasteiger partial charge in [-0.05, 0) is 40.9 Å². The van der Waals surface area contributed by atoms with Crippen LogP contribution in [0, 0.1) is 0 Å². The Morgan fingerprint density at radius 3 is 2.13 bits per heavy atom. The normalized spacial score (nSPS) is 12.2. The fourth-order valence-corrected chi connectivity index (χ4v) is 1.81. The number of halogens is 3. The van der Waals surface area contributed by atoms with Crippen molar-refractivity contribution in [3.05, 3.63) is 34.3 Å². The standard InChI is InChI=1S/C10H7BrCl2O2/c11-7-3-1-6(2-4-7)8(10(13)15)5-9(12)14/h1-4,8H,5H2/t8-/m1/s1. The average Bonchev–Trinajstić information content (AvgIpc) is 2.15. The van der Waals surface area contributed by atoms with Crippen molar-refractivity contribution in [3.8, 4) is 0 Å². The highest BCUT2D eigenvalue weighted by atomic mass is 79.9. The summed E-state index contributed by atoms with van der Waals surface area (Å²) >= 11 is 13.9. The quantitative estimate of drug-likeness (QED) is 0.798. The molecule has 2 nitrogen and oxygen atoms in total. The van der Waals surface area contributed by atoms with Gasteiger partial charge in [-0.15, -0.1) is 0 Å². The molecule has 0 saturated carbocycles. The van der Waals surface area contributed by atoms with Gasteiger partial charge in [0.2, 0.25) is 10.5 Å². The first-order chi connectivity index (χ1) is 7.00. The van der Waals surface area contributed by atoms with Crippen LogP contribution >= 0.6 is 39.1 Å². The maximum absolute atomic E-state index is 11.1. The molecule has 80 valence electrons. The van der Waals surface area contributed by atoms with E-state index in [1.807, 2.05) is 0 Å². The van der Waals surface area contributed by atoms with Crippen molar-refractivity contribution in [3.63, 3.8) is 0 Å². The smallest absolute Gasteiger partial charge is 0.229 e. The third-order valence-electron chi connectivity index (χ3n) is 1.91. The van der Waals surface area contributed by atoms with Gasteiger partial charge in [0.05, 0.1) is 5.92 Å². The summed E-state index contributed by atoms with van der Waals surface area (Å²) in [6, 6.07) is 7.02. The Balaban J connectivity index is 2.94. The van der Waals surface area contributed by atoms with Crippen LogP contribution in [0.2, 0.25) is 0 Å². The Kier molecular flexibility index (Phi) is 4.77. The minimum atomic E-state index is -0.662. The van der Waals surface area contributed by atoms with Crippen molar-refractivity contribution in [1.82, 2.24) is 0 Å². The molecule has 0 spiro atoms. The summed E-state index contributed by atoms with van der Waals surface area (Å²) in [6.45, 7) is 0. The van der Waals surface area contributed by atoms with Crippen molar-refractivity contribution in [2.45, 2.75) is 12.3 Å². The van der Waals surface area contributed by atoms with Crippen LogP contribution in [0.4, 0.5) is 0 Å². The summed E-state index contributed by atoms with van der Waals surface area (Å²) in [5, 5.41) is -1.15. The first-order valence-corrected chi connectivity index (χ1v) is 5.68. The van der Waals surface area contributed by atoms with Gasteiger partial charge < -0.3 is 0 Å². The third kappa shape index (κ3) is 3.93. The zero-order chi connectivity index (χ0) is 11.4. The topological polar surface area (TPSA) is 34.1 Å². The van der Waals surface area contributed by atoms with Crippen LogP contribution in [0.3, 0.4) is 0 Å². The predicted molar refractivity (Wildman–Crippen MR) is 63.2 cm³/mol. The highest BCUT2D eigenvalue weighted by Gasteiger charge is 2.21. The Hall–Kier alpha value is -0.380. The zero-order valence-corrected chi connectivity index (χ0v) is 10.6. The van der Waals surface area contributed by atoms with E-state index in [1.165, 1.54) is 0 Å². The van der Waals surface area contributed by atoms with E-state index in [0.717, 1.165) is 4.47 Å². The lowest BCUT2D eigenvalue weighted by Gasteiger charge is -2.10. The number of hydrogen-bond donors (Lipinski definition) is 0. The first-order valence-electron chi connectivity index (χ1n) is 4.14. The van der Waals surface area contributed by atoms with Crippen LogP contribution in [-0.4, -0.2) is 10.5 Å². The summed E-state index contributed by atoms with van der Waals surface area (Å²) in [5.74, 6) is -0.662.